The van der Waals surface area contributed by atoms with Crippen molar-refractivity contribution in [1.82, 2.24) is 5.32 Å². The largest absolute Gasteiger partial charge is 0.467 e. The van der Waals surface area contributed by atoms with Crippen LogP contribution in [0.2, 0.25) is 0 Å². The first-order chi connectivity index (χ1) is 7.56. The second-order valence-electron chi connectivity index (χ2n) is 3.75. The van der Waals surface area contributed by atoms with E-state index in [1.165, 1.54) is 7.11 Å². The highest BCUT2D eigenvalue weighted by Crippen LogP contribution is 2.09. The Hall–Kier alpha value is -0.770. The number of halogens is 1. The Bertz CT molecular complexity index is 233. The van der Waals surface area contributed by atoms with E-state index in [1.54, 1.807) is 0 Å². The number of ether oxygens (including phenoxy) is 1. The van der Waals surface area contributed by atoms with E-state index < -0.39 is 12.0 Å². The molecule has 0 aliphatic rings. The lowest BCUT2D eigenvalue weighted by molar-refractivity contribution is -0.146. The number of hydrogen-bond acceptors (Lipinski definition) is 3. The fraction of sp³-hybridized carbons (Fsp3) is 0.818. The standard InChI is InChI=1S/C11H20ClNO3/c1-4-8(2)10(11(15)16-3)13-9(14)6-5-7-12/h8,10H,4-7H2,1-3H3,(H,13,14). The Kier molecular flexibility index (Phi) is 7.99. The maximum Gasteiger partial charge on any atom is 0.328 e. The first-order valence-electron chi connectivity index (χ1n) is 5.49. The molecule has 0 bridgehead atoms. The predicted octanol–water partition coefficient (Wildman–Crippen LogP) is 1.71. The zero-order chi connectivity index (χ0) is 12.6. The fourth-order valence-electron chi connectivity index (χ4n) is 1.27. The molecular weight excluding hydrogens is 230 g/mol. The Labute approximate surface area is 102 Å². The number of amides is 1. The van der Waals surface area contributed by atoms with Gasteiger partial charge in [-0.2, -0.15) is 0 Å². The van der Waals surface area contributed by atoms with E-state index in [0.717, 1.165) is 6.42 Å². The fourth-order valence-corrected chi connectivity index (χ4v) is 1.40. The van der Waals surface area contributed by atoms with E-state index in [-0.39, 0.29) is 11.8 Å². The highest BCUT2D eigenvalue weighted by atomic mass is 35.5. The number of alkyl halides is 1. The Balaban J connectivity index is 4.31. The zero-order valence-corrected chi connectivity index (χ0v) is 10.8. The van der Waals surface area contributed by atoms with Gasteiger partial charge in [0.25, 0.3) is 0 Å². The zero-order valence-electron chi connectivity index (χ0n) is 10.1. The molecule has 16 heavy (non-hydrogen) atoms. The van der Waals surface area contributed by atoms with E-state index in [1.807, 2.05) is 13.8 Å². The molecule has 0 rings (SSSR count). The summed E-state index contributed by atoms with van der Waals surface area (Å²) in [6.45, 7) is 3.87. The minimum absolute atomic E-state index is 0.0624. The molecule has 0 aromatic heterocycles. The lowest BCUT2D eigenvalue weighted by atomic mass is 9.99. The third kappa shape index (κ3) is 5.35. The van der Waals surface area contributed by atoms with Gasteiger partial charge in [0.1, 0.15) is 6.04 Å². The van der Waals surface area contributed by atoms with E-state index in [9.17, 15) is 9.59 Å². The highest BCUT2D eigenvalue weighted by Gasteiger charge is 2.26. The van der Waals surface area contributed by atoms with Crippen LogP contribution < -0.4 is 5.32 Å². The van der Waals surface area contributed by atoms with Crippen molar-refractivity contribution < 1.29 is 14.3 Å². The maximum atomic E-state index is 11.5. The van der Waals surface area contributed by atoms with Gasteiger partial charge in [0.05, 0.1) is 7.11 Å². The van der Waals surface area contributed by atoms with Crippen LogP contribution in [0.15, 0.2) is 0 Å². The van der Waals surface area contributed by atoms with Gasteiger partial charge in [-0.05, 0) is 12.3 Å². The number of nitrogens with one attached hydrogen (secondary N) is 1. The molecule has 2 atom stereocenters. The van der Waals surface area contributed by atoms with Crippen molar-refractivity contribution in [3.05, 3.63) is 0 Å². The lowest BCUT2D eigenvalue weighted by Gasteiger charge is -2.21. The maximum absolute atomic E-state index is 11.5. The number of carbonyl (C=O) groups excluding carboxylic acids is 2. The van der Waals surface area contributed by atoms with E-state index in [0.29, 0.717) is 18.7 Å². The molecule has 0 saturated heterocycles. The molecule has 2 unspecified atom stereocenters. The first kappa shape index (κ1) is 15.2. The quantitative estimate of drug-likeness (QED) is 0.552. The normalized spacial score (nSPS) is 14.0. The molecule has 0 spiro atoms. The number of rotatable bonds is 7. The first-order valence-corrected chi connectivity index (χ1v) is 6.03. The predicted molar refractivity (Wildman–Crippen MR) is 63.4 cm³/mol. The van der Waals surface area contributed by atoms with Gasteiger partial charge < -0.3 is 10.1 Å². The van der Waals surface area contributed by atoms with E-state index in [2.05, 4.69) is 10.1 Å². The summed E-state index contributed by atoms with van der Waals surface area (Å²) in [5.74, 6) is -0.0445. The molecule has 0 saturated carbocycles. The van der Waals surface area contributed by atoms with Gasteiger partial charge in [0.15, 0.2) is 0 Å². The summed E-state index contributed by atoms with van der Waals surface area (Å²) in [5, 5.41) is 2.68. The van der Waals surface area contributed by atoms with Crippen molar-refractivity contribution in [1.29, 1.82) is 0 Å². The molecule has 0 aromatic carbocycles. The molecule has 0 aliphatic heterocycles. The summed E-state index contributed by atoms with van der Waals surface area (Å²) in [7, 11) is 1.32. The minimum Gasteiger partial charge on any atom is -0.467 e. The second kappa shape index (κ2) is 8.39. The van der Waals surface area contributed by atoms with Crippen molar-refractivity contribution in [2.24, 2.45) is 5.92 Å². The minimum atomic E-state index is -0.558. The van der Waals surface area contributed by atoms with Gasteiger partial charge >= 0.3 is 5.97 Å². The van der Waals surface area contributed by atoms with Crippen molar-refractivity contribution in [3.63, 3.8) is 0 Å². The Morgan fingerprint density at radius 3 is 2.50 bits per heavy atom. The molecule has 1 amide bonds. The highest BCUT2D eigenvalue weighted by molar-refractivity contribution is 6.17. The molecule has 1 N–H and O–H groups in total. The van der Waals surface area contributed by atoms with Crippen LogP contribution in [0, 0.1) is 5.92 Å². The summed E-state index contributed by atoms with van der Waals surface area (Å²) in [5.41, 5.74) is 0. The summed E-state index contributed by atoms with van der Waals surface area (Å²) >= 11 is 5.49. The molecule has 0 aliphatic carbocycles. The van der Waals surface area contributed by atoms with Crippen LogP contribution in [0.1, 0.15) is 33.1 Å². The van der Waals surface area contributed by atoms with Crippen LogP contribution in [0.3, 0.4) is 0 Å². The monoisotopic (exact) mass is 249 g/mol. The topological polar surface area (TPSA) is 55.4 Å². The molecule has 0 fully saturated rings. The average molecular weight is 250 g/mol. The summed E-state index contributed by atoms with van der Waals surface area (Å²) in [6, 6.07) is -0.558. The number of hydrogen-bond donors (Lipinski definition) is 1. The van der Waals surface area contributed by atoms with Gasteiger partial charge in [-0.15, -0.1) is 11.6 Å². The van der Waals surface area contributed by atoms with Crippen molar-refractivity contribution in [2.75, 3.05) is 13.0 Å². The van der Waals surface area contributed by atoms with Crippen molar-refractivity contribution in [3.8, 4) is 0 Å². The van der Waals surface area contributed by atoms with Gasteiger partial charge in [0.2, 0.25) is 5.91 Å². The molecule has 5 heteroatoms. The van der Waals surface area contributed by atoms with E-state index in [4.69, 9.17) is 11.6 Å². The summed E-state index contributed by atoms with van der Waals surface area (Å²) in [6.07, 6.45) is 1.75. The molecule has 0 heterocycles. The van der Waals surface area contributed by atoms with Crippen LogP contribution in [0.4, 0.5) is 0 Å². The average Bonchev–Trinajstić information content (AvgIpc) is 2.31. The summed E-state index contributed by atoms with van der Waals surface area (Å²) < 4.78 is 4.66. The van der Waals surface area contributed by atoms with E-state index >= 15 is 0 Å². The van der Waals surface area contributed by atoms with Crippen LogP contribution in [-0.2, 0) is 14.3 Å². The van der Waals surface area contributed by atoms with Crippen molar-refractivity contribution in [2.45, 2.75) is 39.2 Å². The summed E-state index contributed by atoms with van der Waals surface area (Å²) in [4.78, 5) is 22.9. The molecule has 94 valence electrons. The molecule has 4 nitrogen and oxygen atoms in total. The second-order valence-corrected chi connectivity index (χ2v) is 4.12. The van der Waals surface area contributed by atoms with Crippen LogP contribution in [0.25, 0.3) is 0 Å². The lowest BCUT2D eigenvalue weighted by Crippen LogP contribution is -2.45. The van der Waals surface area contributed by atoms with Gasteiger partial charge in [0, 0.05) is 12.3 Å². The Morgan fingerprint density at radius 2 is 2.06 bits per heavy atom. The van der Waals surface area contributed by atoms with Crippen LogP contribution in [0.5, 0.6) is 0 Å². The van der Waals surface area contributed by atoms with Gasteiger partial charge in [-0.1, -0.05) is 20.3 Å². The molecule has 0 radical (unpaired) electrons. The van der Waals surface area contributed by atoms with Crippen molar-refractivity contribution >= 4 is 23.5 Å². The number of carbonyl (C=O) groups is 2. The molecule has 0 aromatic rings. The Morgan fingerprint density at radius 1 is 1.44 bits per heavy atom. The van der Waals surface area contributed by atoms with Gasteiger partial charge in [-0.3, -0.25) is 4.79 Å². The number of esters is 1. The molecular formula is C11H20ClNO3. The third-order valence-corrected chi connectivity index (χ3v) is 2.79. The third-order valence-electron chi connectivity index (χ3n) is 2.52. The van der Waals surface area contributed by atoms with Gasteiger partial charge in [-0.25, -0.2) is 4.79 Å². The van der Waals surface area contributed by atoms with Crippen LogP contribution in [-0.4, -0.2) is 30.9 Å². The van der Waals surface area contributed by atoms with Crippen LogP contribution >= 0.6 is 11.6 Å². The smallest absolute Gasteiger partial charge is 0.328 e. The SMILES string of the molecule is CCC(C)C(NC(=O)CCCCl)C(=O)OC. The number of methoxy groups -OCH3 is 1.